The molecule has 0 amide bonds. The highest BCUT2D eigenvalue weighted by molar-refractivity contribution is 7.99. The lowest BCUT2D eigenvalue weighted by Crippen LogP contribution is -2.24. The maximum absolute atomic E-state index is 6.13. The van der Waals surface area contributed by atoms with Gasteiger partial charge in [0.2, 0.25) is 0 Å². The molecular weight excluding hydrogens is 288 g/mol. The van der Waals surface area contributed by atoms with Crippen LogP contribution in [0.3, 0.4) is 0 Å². The van der Waals surface area contributed by atoms with E-state index >= 15 is 0 Å². The summed E-state index contributed by atoms with van der Waals surface area (Å²) in [6, 6.07) is 12.7. The molecule has 2 aromatic rings. The number of nitrogens with zero attached hydrogens (tertiary/aromatic N) is 1. The van der Waals surface area contributed by atoms with E-state index in [9.17, 15) is 0 Å². The van der Waals surface area contributed by atoms with Crippen molar-refractivity contribution in [3.63, 3.8) is 0 Å². The summed E-state index contributed by atoms with van der Waals surface area (Å²) in [4.78, 5) is 5.88. The van der Waals surface area contributed by atoms with Crippen molar-refractivity contribution in [3.05, 3.63) is 58.4 Å². The number of aryl methyl sites for hydroxylation is 1. The molecule has 0 bridgehead atoms. The van der Waals surface area contributed by atoms with E-state index in [0.717, 1.165) is 35.1 Å². The Bertz CT molecular complexity index is 615. The number of thioether (sulfide) groups is 1. The van der Waals surface area contributed by atoms with Crippen molar-refractivity contribution in [2.45, 2.75) is 30.8 Å². The maximum Gasteiger partial charge on any atom is 0.0545 e. The summed E-state index contributed by atoms with van der Waals surface area (Å²) in [6.07, 6.45) is 1.13. The van der Waals surface area contributed by atoms with Gasteiger partial charge in [-0.1, -0.05) is 17.7 Å². The van der Waals surface area contributed by atoms with E-state index in [4.69, 9.17) is 11.6 Å². The quantitative estimate of drug-likeness (QED) is 0.911. The van der Waals surface area contributed by atoms with Crippen LogP contribution in [0.1, 0.15) is 29.4 Å². The zero-order chi connectivity index (χ0) is 13.9. The minimum absolute atomic E-state index is 0.368. The number of rotatable bonds is 3. The molecule has 1 aliphatic heterocycles. The number of benzene rings is 1. The fourth-order valence-electron chi connectivity index (χ4n) is 2.50. The Balaban J connectivity index is 1.75. The molecule has 0 fully saturated rings. The third-order valence-corrected chi connectivity index (χ3v) is 4.84. The van der Waals surface area contributed by atoms with E-state index in [1.54, 1.807) is 0 Å². The Hall–Kier alpha value is -1.03. The van der Waals surface area contributed by atoms with E-state index in [2.05, 4.69) is 34.6 Å². The standard InChI is InChI=1S/C16H17ClN2S/c1-11-3-2-4-13(19-11)10-18-15-7-8-20-16-6-5-12(17)9-14(15)16/h2-6,9,15,18H,7-8,10H2,1H3. The monoisotopic (exact) mass is 304 g/mol. The van der Waals surface area contributed by atoms with Gasteiger partial charge in [-0.2, -0.15) is 0 Å². The molecule has 20 heavy (non-hydrogen) atoms. The van der Waals surface area contributed by atoms with Crippen molar-refractivity contribution in [3.8, 4) is 0 Å². The third kappa shape index (κ3) is 3.17. The van der Waals surface area contributed by atoms with Crippen LogP contribution in [-0.2, 0) is 6.54 Å². The molecule has 0 aliphatic carbocycles. The van der Waals surface area contributed by atoms with E-state index in [1.807, 2.05) is 30.8 Å². The summed E-state index contributed by atoms with van der Waals surface area (Å²) in [7, 11) is 0. The first-order chi connectivity index (χ1) is 9.72. The second-order valence-electron chi connectivity index (χ2n) is 5.02. The van der Waals surface area contributed by atoms with Crippen LogP contribution in [0.15, 0.2) is 41.3 Å². The Labute approximate surface area is 129 Å². The molecule has 0 saturated carbocycles. The summed E-state index contributed by atoms with van der Waals surface area (Å²) >= 11 is 8.04. The molecule has 2 nitrogen and oxygen atoms in total. The van der Waals surface area contributed by atoms with Crippen LogP contribution in [0.2, 0.25) is 5.02 Å². The first-order valence-electron chi connectivity index (χ1n) is 6.80. The van der Waals surface area contributed by atoms with Crippen molar-refractivity contribution in [1.29, 1.82) is 0 Å². The van der Waals surface area contributed by atoms with Crippen molar-refractivity contribution in [2.24, 2.45) is 0 Å². The SMILES string of the molecule is Cc1cccc(CNC2CCSc3ccc(Cl)cc32)n1. The normalized spacial score (nSPS) is 17.8. The molecule has 1 aromatic heterocycles. The lowest BCUT2D eigenvalue weighted by atomic mass is 10.0. The molecule has 1 aliphatic rings. The van der Waals surface area contributed by atoms with Gasteiger partial charge in [0.05, 0.1) is 5.69 Å². The van der Waals surface area contributed by atoms with Gasteiger partial charge in [-0.15, -0.1) is 11.8 Å². The highest BCUT2D eigenvalue weighted by Gasteiger charge is 2.20. The summed E-state index contributed by atoms with van der Waals surface area (Å²) in [5, 5.41) is 4.43. The number of nitrogens with one attached hydrogen (secondary N) is 1. The number of aromatic nitrogens is 1. The van der Waals surface area contributed by atoms with Crippen molar-refractivity contribution in [2.75, 3.05) is 5.75 Å². The van der Waals surface area contributed by atoms with E-state index < -0.39 is 0 Å². The third-order valence-electron chi connectivity index (χ3n) is 3.49. The van der Waals surface area contributed by atoms with Gasteiger partial charge in [-0.3, -0.25) is 4.98 Å². The molecule has 1 unspecified atom stereocenters. The molecule has 0 saturated heterocycles. The van der Waals surface area contributed by atoms with Gasteiger partial charge in [0, 0.05) is 28.2 Å². The zero-order valence-electron chi connectivity index (χ0n) is 11.4. The van der Waals surface area contributed by atoms with Gasteiger partial charge in [0.15, 0.2) is 0 Å². The molecule has 1 N–H and O–H groups in total. The second kappa shape index (κ2) is 6.17. The molecule has 2 heterocycles. The summed E-state index contributed by atoms with van der Waals surface area (Å²) in [5.74, 6) is 1.15. The van der Waals surface area contributed by atoms with Gasteiger partial charge in [-0.25, -0.2) is 0 Å². The summed E-state index contributed by atoms with van der Waals surface area (Å²) in [5.41, 5.74) is 3.47. The first-order valence-corrected chi connectivity index (χ1v) is 8.17. The Morgan fingerprint density at radius 1 is 1.35 bits per heavy atom. The molecular formula is C16H17ClN2S. The molecule has 104 valence electrons. The fraction of sp³-hybridized carbons (Fsp3) is 0.312. The lowest BCUT2D eigenvalue weighted by molar-refractivity contribution is 0.505. The van der Waals surface area contributed by atoms with Crippen molar-refractivity contribution >= 4 is 23.4 Å². The number of fused-ring (bicyclic) bond motifs is 1. The number of hydrogen-bond acceptors (Lipinski definition) is 3. The topological polar surface area (TPSA) is 24.9 Å². The highest BCUT2D eigenvalue weighted by atomic mass is 35.5. The Morgan fingerprint density at radius 3 is 3.10 bits per heavy atom. The van der Waals surface area contributed by atoms with Gasteiger partial charge in [0.25, 0.3) is 0 Å². The van der Waals surface area contributed by atoms with E-state index in [1.165, 1.54) is 10.5 Å². The smallest absolute Gasteiger partial charge is 0.0545 e. The van der Waals surface area contributed by atoms with Crippen LogP contribution in [0.5, 0.6) is 0 Å². The summed E-state index contributed by atoms with van der Waals surface area (Å²) < 4.78 is 0. The molecule has 1 aromatic carbocycles. The van der Waals surface area contributed by atoms with Crippen molar-refractivity contribution in [1.82, 2.24) is 10.3 Å². The largest absolute Gasteiger partial charge is 0.304 e. The minimum Gasteiger partial charge on any atom is -0.304 e. The van der Waals surface area contributed by atoms with E-state index in [0.29, 0.717) is 6.04 Å². The molecule has 3 rings (SSSR count). The predicted molar refractivity (Wildman–Crippen MR) is 85.3 cm³/mol. The van der Waals surface area contributed by atoms with Gasteiger partial charge in [0.1, 0.15) is 0 Å². The van der Waals surface area contributed by atoms with Gasteiger partial charge < -0.3 is 5.32 Å². The molecule has 4 heteroatoms. The fourth-order valence-corrected chi connectivity index (χ4v) is 3.79. The Kier molecular flexibility index (Phi) is 4.29. The van der Waals surface area contributed by atoms with Crippen LogP contribution in [0.4, 0.5) is 0 Å². The van der Waals surface area contributed by atoms with Crippen LogP contribution >= 0.6 is 23.4 Å². The summed E-state index contributed by atoms with van der Waals surface area (Å²) in [6.45, 7) is 2.82. The number of halogens is 1. The average molecular weight is 305 g/mol. The van der Waals surface area contributed by atoms with Gasteiger partial charge in [-0.05, 0) is 55.0 Å². The van der Waals surface area contributed by atoms with Crippen LogP contribution in [0.25, 0.3) is 0 Å². The van der Waals surface area contributed by atoms with Gasteiger partial charge >= 0.3 is 0 Å². The zero-order valence-corrected chi connectivity index (χ0v) is 13.0. The molecule has 0 spiro atoms. The average Bonchev–Trinajstić information content (AvgIpc) is 2.45. The molecule has 0 radical (unpaired) electrons. The number of pyridine rings is 1. The second-order valence-corrected chi connectivity index (χ2v) is 6.60. The maximum atomic E-state index is 6.13. The molecule has 1 atom stereocenters. The lowest BCUT2D eigenvalue weighted by Gasteiger charge is -2.26. The minimum atomic E-state index is 0.368. The van der Waals surface area contributed by atoms with Crippen LogP contribution in [-0.4, -0.2) is 10.7 Å². The van der Waals surface area contributed by atoms with Crippen LogP contribution in [0, 0.1) is 6.92 Å². The van der Waals surface area contributed by atoms with Crippen molar-refractivity contribution < 1.29 is 0 Å². The Morgan fingerprint density at radius 2 is 2.25 bits per heavy atom. The number of hydrogen-bond donors (Lipinski definition) is 1. The van der Waals surface area contributed by atoms with E-state index in [-0.39, 0.29) is 0 Å². The predicted octanol–water partition coefficient (Wildman–Crippen LogP) is 4.37. The first kappa shape index (κ1) is 13.9. The van der Waals surface area contributed by atoms with Crippen LogP contribution < -0.4 is 5.32 Å². The highest BCUT2D eigenvalue weighted by Crippen LogP contribution is 2.37.